The van der Waals surface area contributed by atoms with Crippen molar-refractivity contribution in [3.8, 4) is 0 Å². The van der Waals surface area contributed by atoms with E-state index in [4.69, 9.17) is 5.73 Å². The van der Waals surface area contributed by atoms with Gasteiger partial charge >= 0.3 is 0 Å². The van der Waals surface area contributed by atoms with Crippen molar-refractivity contribution >= 4 is 27.4 Å². The number of carbonyl (C=O) groups is 1. The fourth-order valence-electron chi connectivity index (χ4n) is 1.15. The minimum absolute atomic E-state index is 0.274. The van der Waals surface area contributed by atoms with Crippen molar-refractivity contribution in [3.63, 3.8) is 0 Å². The maximum atomic E-state index is 12.7. The molecule has 0 aliphatic carbocycles. The second-order valence-corrected chi connectivity index (χ2v) is 4.99. The van der Waals surface area contributed by atoms with Gasteiger partial charge in [0.15, 0.2) is 5.78 Å². The summed E-state index contributed by atoms with van der Waals surface area (Å²) in [7, 11) is 0. The zero-order chi connectivity index (χ0) is 11.6. The number of alkyl halides is 1. The maximum absolute atomic E-state index is 12.7. The Balaban J connectivity index is 3.17. The van der Waals surface area contributed by atoms with Crippen LogP contribution in [0, 0.1) is 5.41 Å². The molecule has 0 spiro atoms. The molecule has 0 heterocycles. The SMILES string of the molecule is CC(C)(CF)C(=O)c1cc(Br)ccc1N. The molecular weight excluding hydrogens is 261 g/mol. The Morgan fingerprint density at radius 2 is 2.13 bits per heavy atom. The normalized spacial score (nSPS) is 11.5. The van der Waals surface area contributed by atoms with Crippen LogP contribution in [0.4, 0.5) is 10.1 Å². The summed E-state index contributed by atoms with van der Waals surface area (Å²) in [6.07, 6.45) is 0. The number of benzene rings is 1. The Kier molecular flexibility index (Phi) is 3.50. The number of rotatable bonds is 3. The van der Waals surface area contributed by atoms with Crippen molar-refractivity contribution in [3.05, 3.63) is 28.2 Å². The second-order valence-electron chi connectivity index (χ2n) is 4.08. The Labute approximate surface area is 96.8 Å². The second kappa shape index (κ2) is 4.31. The van der Waals surface area contributed by atoms with Gasteiger partial charge in [-0.1, -0.05) is 29.8 Å². The first-order valence-corrected chi connectivity index (χ1v) is 5.33. The number of anilines is 1. The van der Waals surface area contributed by atoms with Crippen LogP contribution in [0.5, 0.6) is 0 Å². The largest absolute Gasteiger partial charge is 0.398 e. The van der Waals surface area contributed by atoms with E-state index in [1.807, 2.05) is 0 Å². The predicted octanol–water partition coefficient (Wildman–Crippen LogP) is 3.21. The zero-order valence-electron chi connectivity index (χ0n) is 8.68. The van der Waals surface area contributed by atoms with E-state index < -0.39 is 12.1 Å². The quantitative estimate of drug-likeness (QED) is 0.679. The van der Waals surface area contributed by atoms with Gasteiger partial charge in [0, 0.05) is 15.7 Å². The summed E-state index contributed by atoms with van der Waals surface area (Å²) in [6, 6.07) is 5.00. The lowest BCUT2D eigenvalue weighted by Crippen LogP contribution is -2.27. The van der Waals surface area contributed by atoms with E-state index in [0.29, 0.717) is 11.3 Å². The van der Waals surface area contributed by atoms with Gasteiger partial charge in [-0.15, -0.1) is 0 Å². The lowest BCUT2D eigenvalue weighted by atomic mass is 9.85. The molecule has 15 heavy (non-hydrogen) atoms. The summed E-state index contributed by atoms with van der Waals surface area (Å²) < 4.78 is 13.4. The standard InChI is InChI=1S/C11H13BrFNO/c1-11(2,6-13)10(15)8-5-7(12)3-4-9(8)14/h3-5H,6,14H2,1-2H3. The van der Waals surface area contributed by atoms with Crippen LogP contribution in [-0.4, -0.2) is 12.5 Å². The molecule has 0 bridgehead atoms. The van der Waals surface area contributed by atoms with Crippen LogP contribution in [0.1, 0.15) is 24.2 Å². The van der Waals surface area contributed by atoms with Crippen molar-refractivity contribution in [2.75, 3.05) is 12.4 Å². The van der Waals surface area contributed by atoms with Crippen molar-refractivity contribution in [1.82, 2.24) is 0 Å². The van der Waals surface area contributed by atoms with E-state index in [2.05, 4.69) is 15.9 Å². The third-order valence-corrected chi connectivity index (χ3v) is 2.70. The molecule has 0 saturated heterocycles. The number of ketones is 1. The van der Waals surface area contributed by atoms with Crippen molar-refractivity contribution < 1.29 is 9.18 Å². The molecule has 2 N–H and O–H groups in total. The highest BCUT2D eigenvalue weighted by Crippen LogP contribution is 2.27. The van der Waals surface area contributed by atoms with Gasteiger partial charge in [-0.05, 0) is 18.2 Å². The monoisotopic (exact) mass is 273 g/mol. The Morgan fingerprint density at radius 3 is 2.67 bits per heavy atom. The fraction of sp³-hybridized carbons (Fsp3) is 0.364. The molecule has 2 nitrogen and oxygen atoms in total. The molecule has 0 saturated carbocycles. The first-order valence-electron chi connectivity index (χ1n) is 4.54. The third kappa shape index (κ3) is 2.56. The van der Waals surface area contributed by atoms with Crippen LogP contribution in [0.3, 0.4) is 0 Å². The summed E-state index contributed by atoms with van der Waals surface area (Å²) in [6.45, 7) is 2.43. The average molecular weight is 274 g/mol. The topological polar surface area (TPSA) is 43.1 Å². The van der Waals surface area contributed by atoms with E-state index in [9.17, 15) is 9.18 Å². The Hall–Kier alpha value is -0.900. The highest BCUT2D eigenvalue weighted by atomic mass is 79.9. The summed E-state index contributed by atoms with van der Waals surface area (Å²) in [5.41, 5.74) is 5.41. The van der Waals surface area contributed by atoms with E-state index in [1.165, 1.54) is 0 Å². The molecule has 82 valence electrons. The molecule has 0 unspecified atom stereocenters. The summed E-state index contributed by atoms with van der Waals surface area (Å²) in [5.74, 6) is -0.274. The molecule has 0 aliphatic rings. The van der Waals surface area contributed by atoms with Gasteiger partial charge in [0.1, 0.15) is 6.67 Å². The highest BCUT2D eigenvalue weighted by Gasteiger charge is 2.29. The molecule has 0 aromatic heterocycles. The molecule has 0 amide bonds. The Morgan fingerprint density at radius 1 is 1.53 bits per heavy atom. The van der Waals surface area contributed by atoms with Crippen LogP contribution in [0.15, 0.2) is 22.7 Å². The first kappa shape index (κ1) is 12.2. The van der Waals surface area contributed by atoms with Crippen LogP contribution >= 0.6 is 15.9 Å². The van der Waals surface area contributed by atoms with Crippen molar-refractivity contribution in [2.45, 2.75) is 13.8 Å². The fourth-order valence-corrected chi connectivity index (χ4v) is 1.51. The number of nitrogen functional groups attached to an aromatic ring is 1. The number of halogens is 2. The summed E-state index contributed by atoms with van der Waals surface area (Å²) >= 11 is 3.25. The highest BCUT2D eigenvalue weighted by molar-refractivity contribution is 9.10. The third-order valence-electron chi connectivity index (χ3n) is 2.21. The van der Waals surface area contributed by atoms with E-state index in [0.717, 1.165) is 4.47 Å². The number of hydrogen-bond donors (Lipinski definition) is 1. The van der Waals surface area contributed by atoms with Crippen LogP contribution in [0.2, 0.25) is 0 Å². The van der Waals surface area contributed by atoms with E-state index in [1.54, 1.807) is 32.0 Å². The van der Waals surface area contributed by atoms with Crippen LogP contribution < -0.4 is 5.73 Å². The predicted molar refractivity (Wildman–Crippen MR) is 62.6 cm³/mol. The molecule has 0 radical (unpaired) electrons. The zero-order valence-corrected chi connectivity index (χ0v) is 10.3. The molecule has 4 heteroatoms. The van der Waals surface area contributed by atoms with Gasteiger partial charge in [-0.2, -0.15) is 0 Å². The first-order chi connectivity index (χ1) is 6.88. The van der Waals surface area contributed by atoms with Gasteiger partial charge in [-0.3, -0.25) is 9.18 Å². The molecule has 0 fully saturated rings. The summed E-state index contributed by atoms with van der Waals surface area (Å²) in [5, 5.41) is 0. The van der Waals surface area contributed by atoms with Crippen LogP contribution in [0.25, 0.3) is 0 Å². The lowest BCUT2D eigenvalue weighted by molar-refractivity contribution is 0.0802. The molecule has 0 aliphatic heterocycles. The van der Waals surface area contributed by atoms with Gasteiger partial charge in [0.2, 0.25) is 0 Å². The molecule has 0 atom stereocenters. The number of carbonyl (C=O) groups excluding carboxylic acids is 1. The number of Topliss-reactive ketones (excluding diaryl/α,β-unsaturated/α-hetero) is 1. The minimum atomic E-state index is -1.02. The van der Waals surface area contributed by atoms with E-state index >= 15 is 0 Å². The minimum Gasteiger partial charge on any atom is -0.398 e. The number of nitrogens with two attached hydrogens (primary N) is 1. The Bertz CT molecular complexity index is 390. The summed E-state index contributed by atoms with van der Waals surface area (Å²) in [4.78, 5) is 11.9. The lowest BCUT2D eigenvalue weighted by Gasteiger charge is -2.19. The molecular formula is C11H13BrFNO. The van der Waals surface area contributed by atoms with Crippen molar-refractivity contribution in [2.24, 2.45) is 5.41 Å². The number of hydrogen-bond acceptors (Lipinski definition) is 2. The van der Waals surface area contributed by atoms with Gasteiger partial charge in [0.05, 0.1) is 5.41 Å². The van der Waals surface area contributed by atoms with Gasteiger partial charge in [0.25, 0.3) is 0 Å². The molecule has 1 aromatic rings. The molecule has 1 aromatic carbocycles. The van der Waals surface area contributed by atoms with Gasteiger partial charge in [-0.25, -0.2) is 0 Å². The maximum Gasteiger partial charge on any atom is 0.173 e. The van der Waals surface area contributed by atoms with E-state index in [-0.39, 0.29) is 5.78 Å². The smallest absolute Gasteiger partial charge is 0.173 e. The average Bonchev–Trinajstić information content (AvgIpc) is 2.20. The molecule has 1 rings (SSSR count). The van der Waals surface area contributed by atoms with Crippen LogP contribution in [-0.2, 0) is 0 Å². The van der Waals surface area contributed by atoms with Gasteiger partial charge < -0.3 is 5.73 Å². The van der Waals surface area contributed by atoms with Crippen molar-refractivity contribution in [1.29, 1.82) is 0 Å².